The SMILES string of the molecule is OCCCCNCCOc1ccc(Br)cc1. The number of aliphatic hydroxyl groups excluding tert-OH is 1. The van der Waals surface area contributed by atoms with E-state index in [2.05, 4.69) is 21.2 Å². The molecule has 2 N–H and O–H groups in total. The highest BCUT2D eigenvalue weighted by Crippen LogP contribution is 2.15. The van der Waals surface area contributed by atoms with E-state index >= 15 is 0 Å². The van der Waals surface area contributed by atoms with Gasteiger partial charge in [-0.1, -0.05) is 15.9 Å². The van der Waals surface area contributed by atoms with Crippen LogP contribution in [0.4, 0.5) is 0 Å². The number of rotatable bonds is 8. The molecule has 0 saturated carbocycles. The molecular formula is C12H18BrNO2. The van der Waals surface area contributed by atoms with Gasteiger partial charge in [0, 0.05) is 17.6 Å². The molecule has 0 fully saturated rings. The first-order chi connectivity index (χ1) is 7.83. The molecule has 4 heteroatoms. The van der Waals surface area contributed by atoms with Gasteiger partial charge < -0.3 is 15.2 Å². The molecule has 0 amide bonds. The quantitative estimate of drug-likeness (QED) is 0.721. The maximum absolute atomic E-state index is 8.58. The van der Waals surface area contributed by atoms with E-state index in [4.69, 9.17) is 9.84 Å². The molecule has 0 bridgehead atoms. The fraction of sp³-hybridized carbons (Fsp3) is 0.500. The van der Waals surface area contributed by atoms with Crippen molar-refractivity contribution in [3.63, 3.8) is 0 Å². The molecule has 0 saturated heterocycles. The Labute approximate surface area is 105 Å². The summed E-state index contributed by atoms with van der Waals surface area (Å²) in [5.41, 5.74) is 0. The van der Waals surface area contributed by atoms with Gasteiger partial charge in [0.2, 0.25) is 0 Å². The van der Waals surface area contributed by atoms with Crippen molar-refractivity contribution < 1.29 is 9.84 Å². The number of unbranched alkanes of at least 4 members (excludes halogenated alkanes) is 1. The van der Waals surface area contributed by atoms with Crippen LogP contribution in [0, 0.1) is 0 Å². The second kappa shape index (κ2) is 8.56. The standard InChI is InChI=1S/C12H18BrNO2/c13-11-3-5-12(6-4-11)16-10-8-14-7-1-2-9-15/h3-6,14-15H,1-2,7-10H2. The van der Waals surface area contributed by atoms with Crippen LogP contribution in [0.5, 0.6) is 5.75 Å². The molecular weight excluding hydrogens is 270 g/mol. The number of ether oxygens (including phenoxy) is 1. The maximum atomic E-state index is 8.58. The topological polar surface area (TPSA) is 41.5 Å². The fourth-order valence-corrected chi connectivity index (χ4v) is 1.52. The number of aliphatic hydroxyl groups is 1. The Balaban J connectivity index is 2.01. The minimum atomic E-state index is 0.275. The summed E-state index contributed by atoms with van der Waals surface area (Å²) in [6, 6.07) is 7.81. The van der Waals surface area contributed by atoms with Gasteiger partial charge in [0.1, 0.15) is 12.4 Å². The zero-order valence-electron chi connectivity index (χ0n) is 9.29. The van der Waals surface area contributed by atoms with Crippen molar-refractivity contribution in [1.29, 1.82) is 0 Å². The molecule has 0 aliphatic heterocycles. The van der Waals surface area contributed by atoms with Crippen molar-refractivity contribution in [1.82, 2.24) is 5.32 Å². The molecule has 0 heterocycles. The van der Waals surface area contributed by atoms with Gasteiger partial charge in [-0.3, -0.25) is 0 Å². The minimum Gasteiger partial charge on any atom is -0.492 e. The monoisotopic (exact) mass is 287 g/mol. The molecule has 1 aromatic rings. The van der Waals surface area contributed by atoms with Crippen molar-refractivity contribution >= 4 is 15.9 Å². The third-order valence-electron chi connectivity index (χ3n) is 2.12. The maximum Gasteiger partial charge on any atom is 0.119 e. The largest absolute Gasteiger partial charge is 0.492 e. The van der Waals surface area contributed by atoms with E-state index < -0.39 is 0 Å². The van der Waals surface area contributed by atoms with E-state index in [9.17, 15) is 0 Å². The normalized spacial score (nSPS) is 10.4. The molecule has 0 aliphatic carbocycles. The Morgan fingerprint density at radius 3 is 2.56 bits per heavy atom. The molecule has 0 spiro atoms. The predicted molar refractivity (Wildman–Crippen MR) is 68.8 cm³/mol. The summed E-state index contributed by atoms with van der Waals surface area (Å²) >= 11 is 3.37. The van der Waals surface area contributed by atoms with Crippen molar-refractivity contribution in [2.24, 2.45) is 0 Å². The van der Waals surface area contributed by atoms with Crippen molar-refractivity contribution in [3.8, 4) is 5.75 Å². The Kier molecular flexibility index (Phi) is 7.21. The van der Waals surface area contributed by atoms with Crippen LogP contribution in [0.25, 0.3) is 0 Å². The van der Waals surface area contributed by atoms with Crippen LogP contribution >= 0.6 is 15.9 Å². The van der Waals surface area contributed by atoms with Crippen molar-refractivity contribution in [2.45, 2.75) is 12.8 Å². The van der Waals surface area contributed by atoms with E-state index in [1.54, 1.807) is 0 Å². The molecule has 0 atom stereocenters. The van der Waals surface area contributed by atoms with E-state index in [0.717, 1.165) is 36.2 Å². The lowest BCUT2D eigenvalue weighted by Gasteiger charge is -2.07. The zero-order chi connectivity index (χ0) is 11.6. The first kappa shape index (κ1) is 13.5. The summed E-state index contributed by atoms with van der Waals surface area (Å²) in [4.78, 5) is 0. The van der Waals surface area contributed by atoms with Crippen LogP contribution < -0.4 is 10.1 Å². The Morgan fingerprint density at radius 2 is 1.88 bits per heavy atom. The van der Waals surface area contributed by atoms with E-state index in [1.807, 2.05) is 24.3 Å². The van der Waals surface area contributed by atoms with Gasteiger partial charge in [-0.05, 0) is 43.7 Å². The van der Waals surface area contributed by atoms with Crippen molar-refractivity contribution in [2.75, 3.05) is 26.3 Å². The molecule has 1 aromatic carbocycles. The van der Waals surface area contributed by atoms with Gasteiger partial charge in [-0.15, -0.1) is 0 Å². The first-order valence-corrected chi connectivity index (χ1v) is 6.32. The van der Waals surface area contributed by atoms with Gasteiger partial charge >= 0.3 is 0 Å². The molecule has 0 radical (unpaired) electrons. The third-order valence-corrected chi connectivity index (χ3v) is 2.65. The fourth-order valence-electron chi connectivity index (χ4n) is 1.26. The van der Waals surface area contributed by atoms with E-state index in [1.165, 1.54) is 0 Å². The number of halogens is 1. The Hall–Kier alpha value is -0.580. The highest BCUT2D eigenvalue weighted by Gasteiger charge is 1.93. The number of hydrogen-bond donors (Lipinski definition) is 2. The van der Waals surface area contributed by atoms with Crippen molar-refractivity contribution in [3.05, 3.63) is 28.7 Å². The summed E-state index contributed by atoms with van der Waals surface area (Å²) in [6.07, 6.45) is 1.87. The van der Waals surface area contributed by atoms with Gasteiger partial charge in [0.25, 0.3) is 0 Å². The molecule has 3 nitrogen and oxygen atoms in total. The predicted octanol–water partition coefficient (Wildman–Crippen LogP) is 2.19. The number of hydrogen-bond acceptors (Lipinski definition) is 3. The van der Waals surface area contributed by atoms with E-state index in [-0.39, 0.29) is 6.61 Å². The number of nitrogens with one attached hydrogen (secondary N) is 1. The summed E-state index contributed by atoms with van der Waals surface area (Å²) in [7, 11) is 0. The summed E-state index contributed by atoms with van der Waals surface area (Å²) in [6.45, 7) is 2.71. The first-order valence-electron chi connectivity index (χ1n) is 5.53. The third kappa shape index (κ3) is 6.10. The zero-order valence-corrected chi connectivity index (χ0v) is 10.9. The smallest absolute Gasteiger partial charge is 0.119 e. The van der Waals surface area contributed by atoms with Crippen LogP contribution in [0.1, 0.15) is 12.8 Å². The molecule has 0 aromatic heterocycles. The van der Waals surface area contributed by atoms with Crippen LogP contribution in [0.15, 0.2) is 28.7 Å². The van der Waals surface area contributed by atoms with Gasteiger partial charge in [-0.2, -0.15) is 0 Å². The average Bonchev–Trinajstić information content (AvgIpc) is 2.30. The van der Waals surface area contributed by atoms with Crippen LogP contribution in [-0.4, -0.2) is 31.4 Å². The van der Waals surface area contributed by atoms with Gasteiger partial charge in [0.05, 0.1) is 0 Å². The Morgan fingerprint density at radius 1 is 1.12 bits per heavy atom. The average molecular weight is 288 g/mol. The Bertz CT molecular complexity index is 277. The lowest BCUT2D eigenvalue weighted by atomic mass is 10.3. The molecule has 0 aliphatic rings. The highest BCUT2D eigenvalue weighted by atomic mass is 79.9. The second-order valence-electron chi connectivity index (χ2n) is 3.48. The van der Waals surface area contributed by atoms with Crippen LogP contribution in [-0.2, 0) is 0 Å². The number of benzene rings is 1. The summed E-state index contributed by atoms with van der Waals surface area (Å²) in [5, 5.41) is 11.8. The lowest BCUT2D eigenvalue weighted by Crippen LogP contribution is -2.22. The minimum absolute atomic E-state index is 0.275. The second-order valence-corrected chi connectivity index (χ2v) is 4.40. The van der Waals surface area contributed by atoms with Crippen LogP contribution in [0.2, 0.25) is 0 Å². The molecule has 0 unspecified atom stereocenters. The highest BCUT2D eigenvalue weighted by molar-refractivity contribution is 9.10. The van der Waals surface area contributed by atoms with E-state index in [0.29, 0.717) is 6.61 Å². The van der Waals surface area contributed by atoms with Gasteiger partial charge in [0.15, 0.2) is 0 Å². The molecule has 1 rings (SSSR count). The molecule has 16 heavy (non-hydrogen) atoms. The summed E-state index contributed by atoms with van der Waals surface area (Å²) < 4.78 is 6.59. The molecule has 90 valence electrons. The van der Waals surface area contributed by atoms with Gasteiger partial charge in [-0.25, -0.2) is 0 Å². The lowest BCUT2D eigenvalue weighted by molar-refractivity contribution is 0.281. The van der Waals surface area contributed by atoms with Crippen LogP contribution in [0.3, 0.4) is 0 Å². The summed E-state index contributed by atoms with van der Waals surface area (Å²) in [5.74, 6) is 0.889.